The second-order valence-electron chi connectivity index (χ2n) is 9.65. The largest absolute Gasteiger partial charge is 0.476 e. The molecule has 3 aliphatic rings. The van der Waals surface area contributed by atoms with Gasteiger partial charge in [-0.1, -0.05) is 36.4 Å². The lowest BCUT2D eigenvalue weighted by Crippen LogP contribution is -2.01. The molecule has 0 amide bonds. The monoisotopic (exact) mass is 513 g/mol. The fourth-order valence-electron chi connectivity index (χ4n) is 5.15. The summed E-state index contributed by atoms with van der Waals surface area (Å²) in [6, 6.07) is 31.9. The Kier molecular flexibility index (Phi) is 6.13. The minimum absolute atomic E-state index is 0.635. The van der Waals surface area contributed by atoms with E-state index < -0.39 is 0 Å². The Balaban J connectivity index is 1.35. The Morgan fingerprint density at radius 1 is 0.359 bits per heavy atom. The molecule has 0 saturated carbocycles. The molecule has 0 saturated heterocycles. The van der Waals surface area contributed by atoms with Gasteiger partial charge in [0.1, 0.15) is 19.8 Å². The second kappa shape index (κ2) is 10.2. The quantitative estimate of drug-likeness (QED) is 0.317. The van der Waals surface area contributed by atoms with E-state index in [1.807, 2.05) is 0 Å². The number of benzene rings is 4. The SMILES string of the molecule is c1cc(C2=NCCO2)cc(-c2cc(-c3cccc(C4=NCCO4)c3)cc(-c3cccc(C4=NCCO4)c3)c2)c1. The van der Waals surface area contributed by atoms with Crippen LogP contribution in [0.15, 0.2) is 106 Å². The molecule has 4 aromatic rings. The second-order valence-corrected chi connectivity index (χ2v) is 9.65. The number of rotatable bonds is 6. The fourth-order valence-corrected chi connectivity index (χ4v) is 5.15. The van der Waals surface area contributed by atoms with E-state index in [4.69, 9.17) is 14.2 Å². The summed E-state index contributed by atoms with van der Waals surface area (Å²) in [5, 5.41) is 0. The van der Waals surface area contributed by atoms with E-state index in [2.05, 4.69) is 106 Å². The molecule has 6 heteroatoms. The highest BCUT2D eigenvalue weighted by molar-refractivity contribution is 5.98. The summed E-state index contributed by atoms with van der Waals surface area (Å²) >= 11 is 0. The predicted molar refractivity (Wildman–Crippen MR) is 155 cm³/mol. The van der Waals surface area contributed by atoms with Gasteiger partial charge < -0.3 is 14.2 Å². The van der Waals surface area contributed by atoms with Crippen molar-refractivity contribution >= 4 is 17.7 Å². The van der Waals surface area contributed by atoms with E-state index in [9.17, 15) is 0 Å². The van der Waals surface area contributed by atoms with Gasteiger partial charge in [0.05, 0.1) is 19.6 Å². The lowest BCUT2D eigenvalue weighted by molar-refractivity contribution is 0.348. The van der Waals surface area contributed by atoms with Crippen molar-refractivity contribution in [2.75, 3.05) is 39.5 Å². The van der Waals surface area contributed by atoms with E-state index in [0.717, 1.165) is 50.1 Å². The molecule has 4 aromatic carbocycles. The van der Waals surface area contributed by atoms with Crippen LogP contribution in [-0.4, -0.2) is 57.1 Å². The summed E-state index contributed by atoms with van der Waals surface area (Å²) in [6.45, 7) is 4.02. The molecule has 6 nitrogen and oxygen atoms in total. The third-order valence-electron chi connectivity index (χ3n) is 7.02. The molecule has 3 heterocycles. The lowest BCUT2D eigenvalue weighted by atomic mass is 9.92. The van der Waals surface area contributed by atoms with Crippen LogP contribution in [0.4, 0.5) is 0 Å². The first-order valence-corrected chi connectivity index (χ1v) is 13.3. The van der Waals surface area contributed by atoms with Crippen LogP contribution in [0.3, 0.4) is 0 Å². The van der Waals surface area contributed by atoms with Crippen molar-refractivity contribution in [2.24, 2.45) is 15.0 Å². The molecule has 0 bridgehead atoms. The van der Waals surface area contributed by atoms with Crippen LogP contribution in [-0.2, 0) is 14.2 Å². The van der Waals surface area contributed by atoms with Gasteiger partial charge in [-0.05, 0) is 88.0 Å². The summed E-state index contributed by atoms with van der Waals surface area (Å²) in [4.78, 5) is 13.5. The Labute approximate surface area is 227 Å². The van der Waals surface area contributed by atoms with Crippen molar-refractivity contribution in [3.8, 4) is 33.4 Å². The maximum atomic E-state index is 5.74. The molecule has 39 heavy (non-hydrogen) atoms. The molecule has 0 aliphatic carbocycles. The molecule has 0 fully saturated rings. The van der Waals surface area contributed by atoms with Gasteiger partial charge in [0.25, 0.3) is 0 Å². The number of hydrogen-bond donors (Lipinski definition) is 0. The molecule has 3 aliphatic heterocycles. The van der Waals surface area contributed by atoms with Crippen LogP contribution in [0.1, 0.15) is 16.7 Å². The summed E-state index contributed by atoms with van der Waals surface area (Å²) in [7, 11) is 0. The Bertz CT molecular complexity index is 1450. The third-order valence-corrected chi connectivity index (χ3v) is 7.02. The molecular formula is C33H27N3O3. The number of aliphatic imine (C=N–C) groups is 3. The highest BCUT2D eigenvalue weighted by Crippen LogP contribution is 2.34. The summed E-state index contributed by atoms with van der Waals surface area (Å²) < 4.78 is 17.2. The van der Waals surface area contributed by atoms with Gasteiger partial charge in [0.15, 0.2) is 0 Å². The highest BCUT2D eigenvalue weighted by Gasteiger charge is 2.16. The molecule has 0 N–H and O–H groups in total. The van der Waals surface area contributed by atoms with E-state index in [1.165, 1.54) is 0 Å². The van der Waals surface area contributed by atoms with Crippen LogP contribution in [0.25, 0.3) is 33.4 Å². The first kappa shape index (κ1) is 23.4. The van der Waals surface area contributed by atoms with Crippen LogP contribution < -0.4 is 0 Å². The van der Waals surface area contributed by atoms with Crippen molar-refractivity contribution in [1.82, 2.24) is 0 Å². The molecule has 0 radical (unpaired) electrons. The van der Waals surface area contributed by atoms with Crippen molar-refractivity contribution in [3.63, 3.8) is 0 Å². The average molecular weight is 514 g/mol. The highest BCUT2D eigenvalue weighted by atomic mass is 16.5. The zero-order valence-corrected chi connectivity index (χ0v) is 21.5. The molecule has 0 unspecified atom stereocenters. The van der Waals surface area contributed by atoms with Crippen LogP contribution in [0.5, 0.6) is 0 Å². The predicted octanol–water partition coefficient (Wildman–Crippen LogP) is 6.02. The van der Waals surface area contributed by atoms with Crippen LogP contribution in [0, 0.1) is 0 Å². The zero-order valence-electron chi connectivity index (χ0n) is 21.5. The summed E-state index contributed by atoms with van der Waals surface area (Å²) in [5.41, 5.74) is 9.64. The minimum Gasteiger partial charge on any atom is -0.476 e. The maximum absolute atomic E-state index is 5.74. The number of ether oxygens (including phenoxy) is 3. The molecule has 0 atom stereocenters. The first-order chi connectivity index (χ1) is 19.3. The van der Waals surface area contributed by atoms with Gasteiger partial charge in [-0.25, -0.2) is 15.0 Å². The van der Waals surface area contributed by atoms with E-state index in [1.54, 1.807) is 0 Å². The van der Waals surface area contributed by atoms with Gasteiger partial charge >= 0.3 is 0 Å². The van der Waals surface area contributed by atoms with Crippen molar-refractivity contribution in [3.05, 3.63) is 108 Å². The Hall–Kier alpha value is -4.71. The van der Waals surface area contributed by atoms with Gasteiger partial charge in [0, 0.05) is 16.7 Å². The molecule has 0 aromatic heterocycles. The van der Waals surface area contributed by atoms with Gasteiger partial charge in [0.2, 0.25) is 17.7 Å². The van der Waals surface area contributed by atoms with Gasteiger partial charge in [-0.15, -0.1) is 0 Å². The third kappa shape index (κ3) is 4.81. The molecule has 192 valence electrons. The van der Waals surface area contributed by atoms with Crippen molar-refractivity contribution < 1.29 is 14.2 Å². The normalized spacial score (nSPS) is 16.2. The fraction of sp³-hybridized carbons (Fsp3) is 0.182. The number of nitrogens with zero attached hydrogens (tertiary/aromatic N) is 3. The minimum atomic E-state index is 0.635. The molecule has 0 spiro atoms. The van der Waals surface area contributed by atoms with Crippen molar-refractivity contribution in [2.45, 2.75) is 0 Å². The summed E-state index contributed by atoms with van der Waals surface area (Å²) in [5.74, 6) is 2.13. The maximum Gasteiger partial charge on any atom is 0.216 e. The van der Waals surface area contributed by atoms with Crippen LogP contribution in [0.2, 0.25) is 0 Å². The van der Waals surface area contributed by atoms with E-state index in [0.29, 0.717) is 57.1 Å². The first-order valence-electron chi connectivity index (χ1n) is 13.3. The van der Waals surface area contributed by atoms with Crippen molar-refractivity contribution in [1.29, 1.82) is 0 Å². The number of hydrogen-bond acceptors (Lipinski definition) is 6. The van der Waals surface area contributed by atoms with E-state index >= 15 is 0 Å². The van der Waals surface area contributed by atoms with Gasteiger partial charge in [-0.2, -0.15) is 0 Å². The standard InChI is InChI=1S/C33H27N3O3/c1-4-22(16-25(7-1)31-34-10-13-37-31)28-19-29(23-5-2-8-26(17-23)32-35-11-14-38-32)21-30(20-28)24-6-3-9-27(18-24)33-36-12-15-39-33/h1-9,16-21H,10-15H2. The topological polar surface area (TPSA) is 64.8 Å². The Morgan fingerprint density at radius 2 is 0.641 bits per heavy atom. The summed E-state index contributed by atoms with van der Waals surface area (Å²) in [6.07, 6.45) is 0. The lowest BCUT2D eigenvalue weighted by Gasteiger charge is -2.14. The molecule has 7 rings (SSSR count). The van der Waals surface area contributed by atoms with Crippen LogP contribution >= 0.6 is 0 Å². The molecular weight excluding hydrogens is 486 g/mol. The van der Waals surface area contributed by atoms with Gasteiger partial charge in [-0.3, -0.25) is 0 Å². The Morgan fingerprint density at radius 3 is 0.923 bits per heavy atom. The zero-order chi connectivity index (χ0) is 26.0. The van der Waals surface area contributed by atoms with E-state index in [-0.39, 0.29) is 0 Å². The smallest absolute Gasteiger partial charge is 0.216 e. The average Bonchev–Trinajstić information content (AvgIpc) is 3.81.